The van der Waals surface area contributed by atoms with Gasteiger partial charge in [0.05, 0.1) is 9.82 Å². The number of hydrogen-bond donors (Lipinski definition) is 1. The normalized spacial score (nSPS) is 19.2. The van der Waals surface area contributed by atoms with Crippen molar-refractivity contribution in [3.8, 4) is 0 Å². The van der Waals surface area contributed by atoms with E-state index in [4.69, 9.17) is 5.73 Å². The molecule has 0 aliphatic carbocycles. The van der Waals surface area contributed by atoms with E-state index in [2.05, 4.69) is 0 Å². The Morgan fingerprint density at radius 1 is 1.35 bits per heavy atom. The molecule has 1 heterocycles. The van der Waals surface area contributed by atoms with Crippen LogP contribution < -0.4 is 5.73 Å². The average molecular weight is 364 g/mol. The molecule has 2 N–H and O–H groups in total. The van der Waals surface area contributed by atoms with Crippen molar-refractivity contribution in [2.45, 2.75) is 44.0 Å². The Hall–Kier alpha value is -1.22. The number of nitro groups is 1. The largest absolute Gasteiger partial charge is 0.329 e. The summed E-state index contributed by atoms with van der Waals surface area (Å²) < 4.78 is 27.3. The van der Waals surface area contributed by atoms with Crippen molar-refractivity contribution in [2.75, 3.05) is 13.1 Å². The Morgan fingerprint density at radius 2 is 2.00 bits per heavy atom. The molecule has 1 aromatic rings. The number of nitrogens with zero attached hydrogens (tertiary/aromatic N) is 2. The van der Waals surface area contributed by atoms with E-state index in [1.54, 1.807) is 13.8 Å². The van der Waals surface area contributed by atoms with Crippen molar-refractivity contribution >= 4 is 28.1 Å². The zero-order valence-corrected chi connectivity index (χ0v) is 14.8. The van der Waals surface area contributed by atoms with Crippen LogP contribution in [0.25, 0.3) is 0 Å². The lowest BCUT2D eigenvalue weighted by atomic mass is 10.1. The van der Waals surface area contributed by atoms with E-state index in [0.29, 0.717) is 17.7 Å². The van der Waals surface area contributed by atoms with E-state index in [9.17, 15) is 18.5 Å². The van der Waals surface area contributed by atoms with Gasteiger partial charge in [0.25, 0.3) is 5.69 Å². The minimum Gasteiger partial charge on any atom is -0.329 e. The molecule has 23 heavy (non-hydrogen) atoms. The summed E-state index contributed by atoms with van der Waals surface area (Å²) >= 11 is 0. The zero-order chi connectivity index (χ0) is 16.5. The van der Waals surface area contributed by atoms with Crippen molar-refractivity contribution in [1.29, 1.82) is 0 Å². The van der Waals surface area contributed by atoms with Gasteiger partial charge in [0.15, 0.2) is 0 Å². The van der Waals surface area contributed by atoms with Crippen LogP contribution in [0.15, 0.2) is 17.0 Å². The minimum absolute atomic E-state index is 0. The van der Waals surface area contributed by atoms with Crippen molar-refractivity contribution < 1.29 is 13.3 Å². The second kappa shape index (κ2) is 7.57. The molecule has 1 fully saturated rings. The summed E-state index contributed by atoms with van der Waals surface area (Å²) in [5.41, 5.74) is 6.63. The van der Waals surface area contributed by atoms with Crippen LogP contribution in [0.4, 0.5) is 5.69 Å². The average Bonchev–Trinajstić information content (AvgIpc) is 2.49. The smallest absolute Gasteiger partial charge is 0.271 e. The summed E-state index contributed by atoms with van der Waals surface area (Å²) in [5, 5.41) is 11.0. The molecule has 0 bridgehead atoms. The lowest BCUT2D eigenvalue weighted by molar-refractivity contribution is -0.385. The van der Waals surface area contributed by atoms with Crippen molar-refractivity contribution in [3.63, 3.8) is 0 Å². The van der Waals surface area contributed by atoms with E-state index in [0.717, 1.165) is 25.3 Å². The van der Waals surface area contributed by atoms with Crippen LogP contribution in [-0.2, 0) is 10.0 Å². The number of benzene rings is 1. The number of rotatable bonds is 4. The van der Waals surface area contributed by atoms with Crippen LogP contribution in [-0.4, -0.2) is 36.8 Å². The maximum atomic E-state index is 13.0. The third kappa shape index (κ3) is 3.82. The standard InChI is InChI=1S/C14H21N3O4S.ClH/c1-10-7-13(17(18)19)8-14(11(10)2)22(20,21)16-6-4-3-5-12(16)9-15;/h7-8,12H,3-6,9,15H2,1-2H3;1H. The van der Waals surface area contributed by atoms with Gasteiger partial charge in [-0.05, 0) is 37.8 Å². The molecule has 2 rings (SSSR count). The van der Waals surface area contributed by atoms with Crippen LogP contribution in [0.1, 0.15) is 30.4 Å². The van der Waals surface area contributed by atoms with Crippen LogP contribution in [0.3, 0.4) is 0 Å². The third-order valence-electron chi connectivity index (χ3n) is 4.25. The van der Waals surface area contributed by atoms with Crippen LogP contribution in [0, 0.1) is 24.0 Å². The minimum atomic E-state index is -3.78. The first-order chi connectivity index (χ1) is 10.3. The molecule has 0 amide bonds. The number of aryl methyl sites for hydroxylation is 1. The van der Waals surface area contributed by atoms with Crippen molar-refractivity contribution in [3.05, 3.63) is 33.4 Å². The Kier molecular flexibility index (Phi) is 6.52. The highest BCUT2D eigenvalue weighted by molar-refractivity contribution is 7.89. The molecule has 1 unspecified atom stereocenters. The monoisotopic (exact) mass is 363 g/mol. The lowest BCUT2D eigenvalue weighted by Crippen LogP contribution is -2.47. The van der Waals surface area contributed by atoms with E-state index >= 15 is 0 Å². The first kappa shape index (κ1) is 19.8. The summed E-state index contributed by atoms with van der Waals surface area (Å²) in [6.07, 6.45) is 2.45. The third-order valence-corrected chi connectivity index (χ3v) is 6.33. The van der Waals surface area contributed by atoms with Crippen molar-refractivity contribution in [1.82, 2.24) is 4.31 Å². The van der Waals surface area contributed by atoms with Gasteiger partial charge in [-0.2, -0.15) is 4.31 Å². The molecule has 0 aromatic heterocycles. The number of nitrogens with two attached hydrogens (primary N) is 1. The molecule has 0 saturated carbocycles. The first-order valence-corrected chi connectivity index (χ1v) is 8.70. The molecule has 1 saturated heterocycles. The van der Waals surface area contributed by atoms with Gasteiger partial charge in [-0.25, -0.2) is 8.42 Å². The van der Waals surface area contributed by atoms with Crippen LogP contribution >= 0.6 is 12.4 Å². The molecule has 1 aliphatic heterocycles. The summed E-state index contributed by atoms with van der Waals surface area (Å²) in [6, 6.07) is 2.31. The van der Waals surface area contributed by atoms with Gasteiger partial charge < -0.3 is 5.73 Å². The quantitative estimate of drug-likeness (QED) is 0.651. The van der Waals surface area contributed by atoms with Gasteiger partial charge in [-0.1, -0.05) is 6.42 Å². The van der Waals surface area contributed by atoms with Gasteiger partial charge in [0.2, 0.25) is 10.0 Å². The maximum absolute atomic E-state index is 13.0. The van der Waals surface area contributed by atoms with Gasteiger partial charge in [-0.3, -0.25) is 10.1 Å². The highest BCUT2D eigenvalue weighted by Crippen LogP contribution is 2.31. The second-order valence-corrected chi connectivity index (χ2v) is 7.50. The fraction of sp³-hybridized carbons (Fsp3) is 0.571. The van der Waals surface area contributed by atoms with Gasteiger partial charge >= 0.3 is 0 Å². The number of piperidine rings is 1. The van der Waals surface area contributed by atoms with Gasteiger partial charge in [0, 0.05) is 31.3 Å². The number of halogens is 1. The molecule has 1 atom stereocenters. The predicted molar refractivity (Wildman–Crippen MR) is 90.4 cm³/mol. The molecule has 7 nitrogen and oxygen atoms in total. The Morgan fingerprint density at radius 3 is 2.57 bits per heavy atom. The van der Waals surface area contributed by atoms with E-state index in [1.807, 2.05) is 0 Å². The Labute approximate surface area is 142 Å². The van der Waals surface area contributed by atoms with Gasteiger partial charge in [0.1, 0.15) is 0 Å². The lowest BCUT2D eigenvalue weighted by Gasteiger charge is -2.34. The number of hydrogen-bond acceptors (Lipinski definition) is 5. The van der Waals surface area contributed by atoms with Gasteiger partial charge in [-0.15, -0.1) is 12.4 Å². The molecular weight excluding hydrogens is 342 g/mol. The van der Waals surface area contributed by atoms with E-state index in [1.165, 1.54) is 10.4 Å². The highest BCUT2D eigenvalue weighted by Gasteiger charge is 2.34. The van der Waals surface area contributed by atoms with E-state index in [-0.39, 0.29) is 35.6 Å². The highest BCUT2D eigenvalue weighted by atomic mass is 35.5. The molecule has 1 aliphatic rings. The summed E-state index contributed by atoms with van der Waals surface area (Å²) in [7, 11) is -3.78. The molecular formula is C14H22ClN3O4S. The molecule has 130 valence electrons. The molecule has 0 radical (unpaired) electrons. The summed E-state index contributed by atoms with van der Waals surface area (Å²) in [6.45, 7) is 4.02. The maximum Gasteiger partial charge on any atom is 0.271 e. The summed E-state index contributed by atoms with van der Waals surface area (Å²) in [4.78, 5) is 10.5. The van der Waals surface area contributed by atoms with Crippen LogP contribution in [0.5, 0.6) is 0 Å². The van der Waals surface area contributed by atoms with Crippen LogP contribution in [0.2, 0.25) is 0 Å². The fourth-order valence-electron chi connectivity index (χ4n) is 2.83. The number of non-ortho nitro benzene ring substituents is 1. The Balaban J connectivity index is 0.00000264. The van der Waals surface area contributed by atoms with Crippen molar-refractivity contribution in [2.24, 2.45) is 5.73 Å². The first-order valence-electron chi connectivity index (χ1n) is 7.26. The molecule has 0 spiro atoms. The molecule has 1 aromatic carbocycles. The molecule has 9 heteroatoms. The number of nitro benzene ring substituents is 1. The predicted octanol–water partition coefficient (Wildman–Crippen LogP) is 2.14. The Bertz CT molecular complexity index is 694. The topological polar surface area (TPSA) is 107 Å². The fourth-order valence-corrected chi connectivity index (χ4v) is 4.86. The summed E-state index contributed by atoms with van der Waals surface area (Å²) in [5.74, 6) is 0. The zero-order valence-electron chi connectivity index (χ0n) is 13.2. The number of sulfonamides is 1. The SMILES string of the molecule is Cc1cc([N+](=O)[O-])cc(S(=O)(=O)N2CCCCC2CN)c1C.Cl. The second-order valence-electron chi connectivity index (χ2n) is 5.64. The van der Waals surface area contributed by atoms with E-state index < -0.39 is 14.9 Å².